The monoisotopic (exact) mass is 421 g/mol. The number of nitriles is 1. The van der Waals surface area contributed by atoms with Crippen LogP contribution in [0.5, 0.6) is 5.75 Å². The molecule has 0 fully saturated rings. The predicted octanol–water partition coefficient (Wildman–Crippen LogP) is 4.68. The van der Waals surface area contributed by atoms with Gasteiger partial charge in [-0.25, -0.2) is 5.26 Å². The first-order valence-electron chi connectivity index (χ1n) is 10.4. The fourth-order valence-corrected chi connectivity index (χ4v) is 3.73. The Bertz CT molecular complexity index is 964. The molecule has 0 amide bonds. The molecular formula is C24H28BNO5. The van der Waals surface area contributed by atoms with Gasteiger partial charge in [0.25, 0.3) is 13.2 Å². The van der Waals surface area contributed by atoms with Crippen LogP contribution < -0.4 is 10.2 Å². The van der Waals surface area contributed by atoms with Gasteiger partial charge in [0.1, 0.15) is 18.1 Å². The Morgan fingerprint density at radius 1 is 1.35 bits per heavy atom. The molecule has 0 saturated carbocycles. The summed E-state index contributed by atoms with van der Waals surface area (Å²) in [6.07, 6.45) is 7.81. The SMILES string of the molecule is Cc1oc(CCC2CC=CC(C)B(C#N)C2)cc(=O)c1OCc1ccccc1.O=CO. The molecule has 7 heteroatoms. The normalized spacial score (nSPS) is 17.6. The lowest BCUT2D eigenvalue weighted by molar-refractivity contribution is -0.122. The molecule has 0 bridgehead atoms. The quantitative estimate of drug-likeness (QED) is 0.413. The van der Waals surface area contributed by atoms with Crippen LogP contribution >= 0.6 is 0 Å². The summed E-state index contributed by atoms with van der Waals surface area (Å²) >= 11 is 0. The number of carbonyl (C=O) groups is 1. The maximum absolute atomic E-state index is 12.5. The second-order valence-electron chi connectivity index (χ2n) is 7.74. The van der Waals surface area contributed by atoms with Crippen LogP contribution in [0, 0.1) is 24.1 Å². The average molecular weight is 421 g/mol. The van der Waals surface area contributed by atoms with Gasteiger partial charge in [0, 0.05) is 18.5 Å². The summed E-state index contributed by atoms with van der Waals surface area (Å²) in [5.41, 5.74) is 0.868. The van der Waals surface area contributed by atoms with Crippen molar-refractivity contribution in [3.8, 4) is 11.7 Å². The summed E-state index contributed by atoms with van der Waals surface area (Å²) in [4.78, 5) is 20.9. The Kier molecular flexibility index (Phi) is 9.63. The van der Waals surface area contributed by atoms with Gasteiger partial charge in [0.05, 0.1) is 0 Å². The molecule has 1 aliphatic heterocycles. The van der Waals surface area contributed by atoms with E-state index < -0.39 is 0 Å². The molecular weight excluding hydrogens is 393 g/mol. The van der Waals surface area contributed by atoms with Gasteiger partial charge >= 0.3 is 0 Å². The number of allylic oxidation sites excluding steroid dienone is 2. The van der Waals surface area contributed by atoms with Crippen molar-refractivity contribution >= 4 is 13.2 Å². The molecule has 3 rings (SSSR count). The second kappa shape index (κ2) is 12.4. The molecule has 2 aromatic rings. The Balaban J connectivity index is 0.00000107. The topological polar surface area (TPSA) is 101 Å². The number of benzene rings is 1. The minimum Gasteiger partial charge on any atom is -0.483 e. The fraction of sp³-hybridized carbons (Fsp3) is 0.375. The molecule has 0 saturated heterocycles. The first-order valence-corrected chi connectivity index (χ1v) is 10.4. The van der Waals surface area contributed by atoms with Crippen molar-refractivity contribution in [1.82, 2.24) is 0 Å². The van der Waals surface area contributed by atoms with E-state index in [4.69, 9.17) is 19.1 Å². The lowest BCUT2D eigenvalue weighted by Gasteiger charge is -2.16. The van der Waals surface area contributed by atoms with Gasteiger partial charge in [-0.3, -0.25) is 9.59 Å². The van der Waals surface area contributed by atoms with Crippen LogP contribution in [-0.4, -0.2) is 18.3 Å². The van der Waals surface area contributed by atoms with Gasteiger partial charge in [-0.2, -0.15) is 0 Å². The zero-order valence-electron chi connectivity index (χ0n) is 18.0. The van der Waals surface area contributed by atoms with Crippen LogP contribution in [0.15, 0.2) is 57.8 Å². The third kappa shape index (κ3) is 7.49. The Hall–Kier alpha value is -3.27. The fourth-order valence-electron chi connectivity index (χ4n) is 3.73. The van der Waals surface area contributed by atoms with Crippen LogP contribution in [0.4, 0.5) is 0 Å². The van der Waals surface area contributed by atoms with Crippen molar-refractivity contribution in [2.24, 2.45) is 5.92 Å². The van der Waals surface area contributed by atoms with E-state index in [1.54, 1.807) is 13.0 Å². The maximum Gasteiger partial charge on any atom is 0.290 e. The second-order valence-corrected chi connectivity index (χ2v) is 7.74. The molecule has 6 nitrogen and oxygen atoms in total. The Morgan fingerprint density at radius 3 is 2.71 bits per heavy atom. The van der Waals surface area contributed by atoms with E-state index in [2.05, 4.69) is 25.0 Å². The van der Waals surface area contributed by atoms with Gasteiger partial charge in [-0.1, -0.05) is 55.7 Å². The van der Waals surface area contributed by atoms with Gasteiger partial charge in [-0.05, 0) is 37.1 Å². The summed E-state index contributed by atoms with van der Waals surface area (Å²) < 4.78 is 11.6. The zero-order valence-corrected chi connectivity index (χ0v) is 18.0. The first-order chi connectivity index (χ1) is 15.0. The van der Waals surface area contributed by atoms with E-state index in [-0.39, 0.29) is 24.4 Å². The third-order valence-electron chi connectivity index (χ3n) is 5.44. The van der Waals surface area contributed by atoms with Crippen molar-refractivity contribution in [3.63, 3.8) is 0 Å². The summed E-state index contributed by atoms with van der Waals surface area (Å²) in [5.74, 6) is 4.65. The number of hydrogen-bond donors (Lipinski definition) is 1. The molecule has 2 heterocycles. The predicted molar refractivity (Wildman–Crippen MR) is 120 cm³/mol. The highest BCUT2D eigenvalue weighted by molar-refractivity contribution is 6.68. The number of carboxylic acid groups (broad SMARTS) is 1. The van der Waals surface area contributed by atoms with Crippen LogP contribution in [0.25, 0.3) is 0 Å². The highest BCUT2D eigenvalue weighted by atomic mass is 16.5. The van der Waals surface area contributed by atoms with Crippen molar-refractivity contribution in [3.05, 3.63) is 75.9 Å². The number of nitrogens with zero attached hydrogens (tertiary/aromatic N) is 1. The summed E-state index contributed by atoms with van der Waals surface area (Å²) in [6, 6.07) is 11.3. The van der Waals surface area contributed by atoms with Crippen molar-refractivity contribution in [2.45, 2.75) is 51.9 Å². The molecule has 0 radical (unpaired) electrons. The minimum absolute atomic E-state index is 0.0613. The van der Waals surface area contributed by atoms with E-state index >= 15 is 0 Å². The number of aryl methyl sites for hydroxylation is 2. The molecule has 1 aliphatic rings. The van der Waals surface area contributed by atoms with Crippen molar-refractivity contribution in [2.75, 3.05) is 0 Å². The first kappa shape index (κ1) is 24.0. The molecule has 1 N–H and O–H groups in total. The molecule has 2 atom stereocenters. The van der Waals surface area contributed by atoms with E-state index in [1.807, 2.05) is 30.3 Å². The van der Waals surface area contributed by atoms with E-state index in [1.165, 1.54) is 0 Å². The van der Waals surface area contributed by atoms with E-state index in [9.17, 15) is 10.1 Å². The van der Waals surface area contributed by atoms with Crippen LogP contribution in [0.1, 0.15) is 36.8 Å². The Morgan fingerprint density at radius 2 is 2.06 bits per heavy atom. The molecule has 0 spiro atoms. The third-order valence-corrected chi connectivity index (χ3v) is 5.44. The lowest BCUT2D eigenvalue weighted by Crippen LogP contribution is -2.18. The highest BCUT2D eigenvalue weighted by Crippen LogP contribution is 2.29. The van der Waals surface area contributed by atoms with Gasteiger partial charge in [0.15, 0.2) is 0 Å². The molecule has 1 aromatic heterocycles. The van der Waals surface area contributed by atoms with Crippen LogP contribution in [-0.2, 0) is 17.8 Å². The number of ether oxygens (including phenoxy) is 1. The number of rotatable bonds is 6. The maximum atomic E-state index is 12.5. The number of hydrogen-bond acceptors (Lipinski definition) is 5. The largest absolute Gasteiger partial charge is 0.483 e. The van der Waals surface area contributed by atoms with Gasteiger partial charge in [0.2, 0.25) is 11.2 Å². The molecule has 1 aromatic carbocycles. The smallest absolute Gasteiger partial charge is 0.290 e. The summed E-state index contributed by atoms with van der Waals surface area (Å²) in [5, 5.41) is 16.3. The van der Waals surface area contributed by atoms with E-state index in [0.717, 1.165) is 24.7 Å². The van der Waals surface area contributed by atoms with Crippen molar-refractivity contribution < 1.29 is 19.1 Å². The highest BCUT2D eigenvalue weighted by Gasteiger charge is 2.26. The summed E-state index contributed by atoms with van der Waals surface area (Å²) in [6.45, 7) is 4.02. The standard InChI is InChI=1S/C23H26BNO3.CH2O2/c1-17-7-6-10-19(14-24(17)16-25)11-12-21-13-22(26)23(18(2)28-21)27-15-20-8-4-3-5-9-20;2-1-3/h3-9,13,17,19H,10-12,14-15H2,1-2H3;1H,(H,2,3). The van der Waals surface area contributed by atoms with Gasteiger partial charge in [-0.15, -0.1) is 0 Å². The summed E-state index contributed by atoms with van der Waals surface area (Å²) in [7, 11) is 0. The van der Waals surface area contributed by atoms with E-state index in [0.29, 0.717) is 36.3 Å². The zero-order chi connectivity index (χ0) is 22.6. The molecule has 31 heavy (non-hydrogen) atoms. The molecule has 0 aliphatic carbocycles. The van der Waals surface area contributed by atoms with Crippen LogP contribution in [0.3, 0.4) is 0 Å². The van der Waals surface area contributed by atoms with Crippen molar-refractivity contribution in [1.29, 1.82) is 5.26 Å². The minimum atomic E-state index is -0.250. The van der Waals surface area contributed by atoms with Crippen LogP contribution in [0.2, 0.25) is 12.1 Å². The Labute approximate surface area is 183 Å². The lowest BCUT2D eigenvalue weighted by atomic mass is 9.39. The molecule has 162 valence electrons. The molecule has 2 unspecified atom stereocenters. The average Bonchev–Trinajstić information content (AvgIpc) is 2.93. The van der Waals surface area contributed by atoms with Gasteiger partial charge < -0.3 is 14.3 Å².